The smallest absolute Gasteiger partial charge is 0.287 e. The van der Waals surface area contributed by atoms with Gasteiger partial charge in [-0.15, -0.1) is 0 Å². The van der Waals surface area contributed by atoms with Gasteiger partial charge in [0.2, 0.25) is 21.8 Å². The summed E-state index contributed by atoms with van der Waals surface area (Å²) in [6, 6.07) is 21.3. The molecule has 13 heteroatoms. The van der Waals surface area contributed by atoms with Gasteiger partial charge in [-0.2, -0.15) is 23.4 Å². The fourth-order valence-corrected chi connectivity index (χ4v) is 8.13. The normalized spacial score (nSPS) is 17.4. The average molecular weight is 693 g/mol. The molecule has 0 unspecified atom stereocenters. The third-order valence-electron chi connectivity index (χ3n) is 9.03. The number of halogens is 3. The molecule has 9 rings (SSSR count). The number of hydrazone groups is 2. The number of ketones is 2. The summed E-state index contributed by atoms with van der Waals surface area (Å²) in [5.74, 6) is -0.313. The maximum Gasteiger partial charge on any atom is 0.417 e. The first kappa shape index (κ1) is 29.8. The van der Waals surface area contributed by atoms with Crippen LogP contribution in [0.5, 0.6) is 0 Å². The van der Waals surface area contributed by atoms with E-state index in [2.05, 4.69) is 37.1 Å². The summed E-state index contributed by atoms with van der Waals surface area (Å²) < 4.78 is 45.9. The van der Waals surface area contributed by atoms with E-state index < -0.39 is 23.1 Å². The number of nitrogens with one attached hydrogen (secondary N) is 2. The summed E-state index contributed by atoms with van der Waals surface area (Å²) >= 11 is 2.61. The highest BCUT2D eigenvalue weighted by Crippen LogP contribution is 2.44. The van der Waals surface area contributed by atoms with Gasteiger partial charge in [0.25, 0.3) is 0 Å². The number of anilines is 2. The second-order valence-corrected chi connectivity index (χ2v) is 14.3. The van der Waals surface area contributed by atoms with Crippen LogP contribution >= 0.6 is 22.7 Å². The van der Waals surface area contributed by atoms with E-state index >= 15 is 0 Å². The molecule has 3 aliphatic carbocycles. The molecule has 0 bridgehead atoms. The third-order valence-corrected chi connectivity index (χ3v) is 10.9. The maximum absolute atomic E-state index is 14.7. The van der Waals surface area contributed by atoms with Crippen LogP contribution in [0, 0.1) is 0 Å². The molecule has 49 heavy (non-hydrogen) atoms. The average Bonchev–Trinajstić information content (AvgIpc) is 3.44. The number of aromatic nitrogens is 2. The summed E-state index contributed by atoms with van der Waals surface area (Å²) in [5.41, 5.74) is 9.16. The Morgan fingerprint density at radius 2 is 1.39 bits per heavy atom. The number of fused-ring (bicyclic) bond motifs is 4. The lowest BCUT2D eigenvalue weighted by Gasteiger charge is -2.16. The number of alkyl halides is 3. The van der Waals surface area contributed by atoms with Crippen molar-refractivity contribution in [1.29, 1.82) is 0 Å². The van der Waals surface area contributed by atoms with E-state index in [0.29, 0.717) is 39.4 Å². The molecule has 242 valence electrons. The zero-order valence-corrected chi connectivity index (χ0v) is 27.0. The van der Waals surface area contributed by atoms with Crippen molar-refractivity contribution in [2.45, 2.75) is 37.8 Å². The largest absolute Gasteiger partial charge is 0.417 e. The summed E-state index contributed by atoms with van der Waals surface area (Å²) in [5, 5.41) is 9.39. The molecular weight excluding hydrogens is 670 g/mol. The van der Waals surface area contributed by atoms with Gasteiger partial charge in [0.1, 0.15) is 11.4 Å². The van der Waals surface area contributed by atoms with Crippen LogP contribution in [0.25, 0.3) is 31.6 Å². The summed E-state index contributed by atoms with van der Waals surface area (Å²) in [6.07, 6.45) is -2.06. The monoisotopic (exact) mass is 692 g/mol. The van der Waals surface area contributed by atoms with E-state index in [1.165, 1.54) is 47.1 Å². The Balaban J connectivity index is 0.988. The van der Waals surface area contributed by atoms with E-state index in [1.54, 1.807) is 24.3 Å². The minimum absolute atomic E-state index is 0.0172. The van der Waals surface area contributed by atoms with Crippen LogP contribution < -0.4 is 10.9 Å². The van der Waals surface area contributed by atoms with Gasteiger partial charge >= 0.3 is 6.18 Å². The Kier molecular flexibility index (Phi) is 6.78. The van der Waals surface area contributed by atoms with Gasteiger partial charge < -0.3 is 0 Å². The molecule has 2 N–H and O–H groups in total. The Labute approximate surface area is 284 Å². The number of para-hydroxylation sites is 1. The summed E-state index contributed by atoms with van der Waals surface area (Å²) in [6.45, 7) is 0. The summed E-state index contributed by atoms with van der Waals surface area (Å²) in [4.78, 5) is 35.3. The van der Waals surface area contributed by atoms with Crippen LogP contribution in [-0.2, 0) is 19.0 Å². The zero-order valence-electron chi connectivity index (χ0n) is 25.4. The number of thiazole rings is 2. The second-order valence-electron chi connectivity index (χ2n) is 12.3. The molecule has 0 radical (unpaired) electrons. The molecule has 2 heterocycles. The molecule has 1 saturated carbocycles. The Bertz CT molecular complexity index is 2430. The van der Waals surface area contributed by atoms with Gasteiger partial charge in [-0.1, -0.05) is 71.2 Å². The molecule has 0 spiro atoms. The minimum Gasteiger partial charge on any atom is -0.287 e. The fourth-order valence-electron chi connectivity index (χ4n) is 6.53. The SMILES string of the molecule is O=C1/C(=N\Nc2nc3cc(-c4ccc5c(c4C(F)(F)F)C(=O)/C(=N\Nc4nc6ccccc6s4)C5)ccc3s2)Cc2cc(C3CC3)ccc21. The lowest BCUT2D eigenvalue weighted by atomic mass is 9.92. The van der Waals surface area contributed by atoms with Gasteiger partial charge in [-0.25, -0.2) is 9.97 Å². The van der Waals surface area contributed by atoms with Crippen molar-refractivity contribution >= 4 is 76.4 Å². The molecule has 6 aromatic rings. The number of carbonyl (C=O) groups is 2. The van der Waals surface area contributed by atoms with Crippen molar-refractivity contribution in [1.82, 2.24) is 9.97 Å². The predicted molar refractivity (Wildman–Crippen MR) is 186 cm³/mol. The first-order valence-electron chi connectivity index (χ1n) is 15.6. The van der Waals surface area contributed by atoms with E-state index in [-0.39, 0.29) is 34.6 Å². The first-order valence-corrected chi connectivity index (χ1v) is 17.2. The lowest BCUT2D eigenvalue weighted by Crippen LogP contribution is -2.16. The van der Waals surface area contributed by atoms with Crippen LogP contribution in [0.2, 0.25) is 0 Å². The number of nitrogens with zero attached hydrogens (tertiary/aromatic N) is 4. The predicted octanol–water partition coefficient (Wildman–Crippen LogP) is 8.88. The second kappa shape index (κ2) is 11.1. The quantitative estimate of drug-likeness (QED) is 0.169. The van der Waals surface area contributed by atoms with Gasteiger partial charge in [0.15, 0.2) is 0 Å². The van der Waals surface area contributed by atoms with Crippen molar-refractivity contribution in [2.24, 2.45) is 10.2 Å². The molecule has 1 fully saturated rings. The van der Waals surface area contributed by atoms with E-state index in [4.69, 9.17) is 0 Å². The van der Waals surface area contributed by atoms with Crippen molar-refractivity contribution < 1.29 is 22.8 Å². The van der Waals surface area contributed by atoms with Crippen LogP contribution in [0.3, 0.4) is 0 Å². The Morgan fingerprint density at radius 1 is 0.714 bits per heavy atom. The number of rotatable bonds is 6. The van der Waals surface area contributed by atoms with E-state index in [0.717, 1.165) is 20.5 Å². The molecule has 0 saturated heterocycles. The number of hydrogen-bond acceptors (Lipinski definition) is 10. The molecule has 0 amide bonds. The molecule has 2 aromatic heterocycles. The van der Waals surface area contributed by atoms with E-state index in [9.17, 15) is 22.8 Å². The topological polar surface area (TPSA) is 109 Å². The molecule has 4 aromatic carbocycles. The van der Waals surface area contributed by atoms with Crippen LogP contribution in [0.4, 0.5) is 23.4 Å². The zero-order chi connectivity index (χ0) is 33.4. The van der Waals surface area contributed by atoms with Gasteiger partial charge in [-0.3, -0.25) is 20.4 Å². The highest BCUT2D eigenvalue weighted by atomic mass is 32.1. The van der Waals surface area contributed by atoms with E-state index in [1.807, 2.05) is 36.4 Å². The standard InChI is InChI=1S/C36H23F3N6O2S2/c37-36(38,39)31-22(10-8-20-15-27(33(47)30(20)31)43-44-34-40-24-3-1-2-4-28(24)48-34)19-9-12-29-25(14-19)41-35(49-29)45-42-26-16-21-13-18(17-5-6-17)7-11-23(21)32(26)46/h1-4,7-14,17H,5-6,15-16H2,(H,40,44)(H,41,45)/b42-26-,43-27-. The van der Waals surface area contributed by atoms with Crippen molar-refractivity contribution in [3.05, 3.63) is 106 Å². The van der Waals surface area contributed by atoms with Crippen LogP contribution in [0.1, 0.15) is 61.7 Å². The van der Waals surface area contributed by atoms with Crippen LogP contribution in [0.15, 0.2) is 83.0 Å². The van der Waals surface area contributed by atoms with Crippen molar-refractivity contribution in [3.63, 3.8) is 0 Å². The van der Waals surface area contributed by atoms with Gasteiger partial charge in [0, 0.05) is 24.0 Å². The van der Waals surface area contributed by atoms with Gasteiger partial charge in [0.05, 0.1) is 26.0 Å². The maximum atomic E-state index is 14.7. The first-order chi connectivity index (χ1) is 23.7. The highest BCUT2D eigenvalue weighted by Gasteiger charge is 2.43. The van der Waals surface area contributed by atoms with Gasteiger partial charge in [-0.05, 0) is 70.8 Å². The Hall–Kier alpha value is -5.27. The van der Waals surface area contributed by atoms with Crippen molar-refractivity contribution in [2.75, 3.05) is 10.9 Å². The number of Topliss-reactive ketones (excluding diaryl/α,β-unsaturated/α-hetero) is 2. The third kappa shape index (κ3) is 5.29. The molecule has 0 aliphatic heterocycles. The lowest BCUT2D eigenvalue weighted by molar-refractivity contribution is -0.137. The molecule has 8 nitrogen and oxygen atoms in total. The summed E-state index contributed by atoms with van der Waals surface area (Å²) in [7, 11) is 0. The van der Waals surface area contributed by atoms with Crippen molar-refractivity contribution in [3.8, 4) is 11.1 Å². The number of hydrogen-bond donors (Lipinski definition) is 2. The fraction of sp³-hybridized carbons (Fsp3) is 0.167. The van der Waals surface area contributed by atoms with Crippen LogP contribution in [-0.4, -0.2) is 33.0 Å². The number of carbonyl (C=O) groups excluding carboxylic acids is 2. The molecular formula is C36H23F3N6O2S2. The number of benzene rings is 4. The molecule has 0 atom stereocenters. The molecule has 3 aliphatic rings. The minimum atomic E-state index is -4.81. The Morgan fingerprint density at radius 3 is 2.12 bits per heavy atom. The highest BCUT2D eigenvalue weighted by molar-refractivity contribution is 7.22.